The Bertz CT molecular complexity index is 997. The average Bonchev–Trinajstić information content (AvgIpc) is 2.62. The summed E-state index contributed by atoms with van der Waals surface area (Å²) in [5.74, 6) is -0.520. The summed E-state index contributed by atoms with van der Waals surface area (Å²) in [6.45, 7) is 3.35. The van der Waals surface area contributed by atoms with Gasteiger partial charge in [-0.25, -0.2) is 8.42 Å². The largest absolute Gasteiger partial charge is 0.492 e. The van der Waals surface area contributed by atoms with Gasteiger partial charge in [0.15, 0.2) is 0 Å². The molecule has 1 atom stereocenters. The van der Waals surface area contributed by atoms with E-state index in [-0.39, 0.29) is 15.6 Å². The summed E-state index contributed by atoms with van der Waals surface area (Å²) in [6, 6.07) is 6.56. The lowest BCUT2D eigenvalue weighted by atomic mass is 10.2. The molecule has 6 nitrogen and oxygen atoms in total. The molecule has 0 spiro atoms. The molecule has 2 aromatic rings. The number of carbonyl (C=O) groups is 1. The fourth-order valence-electron chi connectivity index (χ4n) is 2.30. The van der Waals surface area contributed by atoms with Crippen molar-refractivity contribution in [2.24, 2.45) is 0 Å². The van der Waals surface area contributed by atoms with E-state index in [1.807, 2.05) is 0 Å². The van der Waals surface area contributed by atoms with Gasteiger partial charge in [0, 0.05) is 5.69 Å². The van der Waals surface area contributed by atoms with Crippen LogP contribution in [0.2, 0.25) is 5.02 Å². The van der Waals surface area contributed by atoms with Gasteiger partial charge in [0.25, 0.3) is 0 Å². The molecule has 0 unspecified atom stereocenters. The Morgan fingerprint density at radius 2 is 1.90 bits per heavy atom. The number of rotatable bonds is 7. The van der Waals surface area contributed by atoms with Gasteiger partial charge < -0.3 is 10.1 Å². The minimum atomic E-state index is -4.57. The number of alkyl halides is 3. The number of benzene rings is 2. The number of anilines is 1. The summed E-state index contributed by atoms with van der Waals surface area (Å²) >= 11 is 5.98. The third kappa shape index (κ3) is 6.09. The molecule has 11 heteroatoms. The van der Waals surface area contributed by atoms with Gasteiger partial charge in [-0.05, 0) is 50.2 Å². The molecule has 0 bridgehead atoms. The molecule has 0 saturated heterocycles. The molecule has 0 fully saturated rings. The molecule has 2 N–H and O–H groups in total. The van der Waals surface area contributed by atoms with E-state index in [9.17, 15) is 26.4 Å². The number of carbonyl (C=O) groups excluding carboxylic acids is 1. The van der Waals surface area contributed by atoms with Gasteiger partial charge in [0.2, 0.25) is 15.9 Å². The SMILES string of the molecule is CCOc1ccc(S(=O)(=O)N[C@@H](C)C(=O)Nc2cccc(C(F)(F)F)c2)cc1Cl. The second kappa shape index (κ2) is 9.02. The maximum Gasteiger partial charge on any atom is 0.416 e. The quantitative estimate of drug-likeness (QED) is 0.666. The van der Waals surface area contributed by atoms with Crippen LogP contribution >= 0.6 is 11.6 Å². The zero-order valence-electron chi connectivity index (χ0n) is 15.4. The molecule has 29 heavy (non-hydrogen) atoms. The highest BCUT2D eigenvalue weighted by molar-refractivity contribution is 7.89. The van der Waals surface area contributed by atoms with Crippen molar-refractivity contribution in [1.29, 1.82) is 0 Å². The van der Waals surface area contributed by atoms with Crippen LogP contribution in [-0.4, -0.2) is 27.0 Å². The number of ether oxygens (including phenoxy) is 1. The van der Waals surface area contributed by atoms with Gasteiger partial charge in [-0.1, -0.05) is 17.7 Å². The molecule has 0 heterocycles. The molecule has 0 aromatic heterocycles. The highest BCUT2D eigenvalue weighted by Crippen LogP contribution is 2.31. The van der Waals surface area contributed by atoms with Crippen molar-refractivity contribution in [3.63, 3.8) is 0 Å². The first-order valence-electron chi connectivity index (χ1n) is 8.37. The van der Waals surface area contributed by atoms with Crippen LogP contribution in [-0.2, 0) is 21.0 Å². The Morgan fingerprint density at radius 3 is 2.48 bits per heavy atom. The maximum atomic E-state index is 12.8. The fourth-order valence-corrected chi connectivity index (χ4v) is 3.83. The van der Waals surface area contributed by atoms with Gasteiger partial charge in [-0.15, -0.1) is 0 Å². The van der Waals surface area contributed by atoms with Crippen molar-refractivity contribution >= 4 is 33.2 Å². The lowest BCUT2D eigenvalue weighted by Gasteiger charge is -2.16. The van der Waals surface area contributed by atoms with Gasteiger partial charge >= 0.3 is 6.18 Å². The first-order chi connectivity index (χ1) is 13.4. The summed E-state index contributed by atoms with van der Waals surface area (Å²) in [5.41, 5.74) is -1.05. The van der Waals surface area contributed by atoms with E-state index in [1.165, 1.54) is 31.2 Å². The van der Waals surface area contributed by atoms with Crippen LogP contribution in [0.1, 0.15) is 19.4 Å². The third-order valence-electron chi connectivity index (χ3n) is 3.70. The van der Waals surface area contributed by atoms with Gasteiger partial charge in [-0.2, -0.15) is 17.9 Å². The number of amides is 1. The number of hydrogen-bond donors (Lipinski definition) is 2. The lowest BCUT2D eigenvalue weighted by Crippen LogP contribution is -2.41. The molecule has 0 saturated carbocycles. The smallest absolute Gasteiger partial charge is 0.416 e. The predicted octanol–water partition coefficient (Wildman–Crippen LogP) is 4.06. The summed E-state index contributed by atoms with van der Waals surface area (Å²) in [7, 11) is -4.11. The molecular formula is C18H18ClF3N2O4S. The molecular weight excluding hydrogens is 433 g/mol. The number of hydrogen-bond acceptors (Lipinski definition) is 4. The molecule has 2 rings (SSSR count). The normalized spacial score (nSPS) is 13.0. The maximum absolute atomic E-state index is 12.8. The van der Waals surface area contributed by atoms with Crippen LogP contribution in [0.5, 0.6) is 5.75 Å². The molecule has 0 aliphatic carbocycles. The van der Waals surface area contributed by atoms with Crippen molar-refractivity contribution in [3.8, 4) is 5.75 Å². The van der Waals surface area contributed by atoms with E-state index in [2.05, 4.69) is 10.0 Å². The minimum Gasteiger partial charge on any atom is -0.492 e. The van der Waals surface area contributed by atoms with Gasteiger partial charge in [-0.3, -0.25) is 4.79 Å². The molecule has 0 aliphatic rings. The van der Waals surface area contributed by atoms with Crippen molar-refractivity contribution in [3.05, 3.63) is 53.1 Å². The van der Waals surface area contributed by atoms with Gasteiger partial charge in [0.05, 0.1) is 28.1 Å². The summed E-state index contributed by atoms with van der Waals surface area (Å²) in [6.07, 6.45) is -4.57. The van der Waals surface area contributed by atoms with Crippen molar-refractivity contribution in [2.75, 3.05) is 11.9 Å². The van der Waals surface area contributed by atoms with Crippen LogP contribution in [0.25, 0.3) is 0 Å². The minimum absolute atomic E-state index is 0.0794. The fraction of sp³-hybridized carbons (Fsp3) is 0.278. The topological polar surface area (TPSA) is 84.5 Å². The van der Waals surface area contributed by atoms with Crippen molar-refractivity contribution < 1.29 is 31.1 Å². The molecule has 1 amide bonds. The van der Waals surface area contributed by atoms with Crippen molar-refractivity contribution in [2.45, 2.75) is 31.0 Å². The van der Waals surface area contributed by atoms with Crippen LogP contribution < -0.4 is 14.8 Å². The van der Waals surface area contributed by atoms with Crippen LogP contribution in [0, 0.1) is 0 Å². The molecule has 0 aliphatic heterocycles. The Hall–Kier alpha value is -2.30. The molecule has 0 radical (unpaired) electrons. The standard InChI is InChI=1S/C18H18ClF3N2O4S/c1-3-28-16-8-7-14(10-15(16)19)29(26,27)24-11(2)17(25)23-13-6-4-5-12(9-13)18(20,21)22/h4-11,24H,3H2,1-2H3,(H,23,25)/t11-/m0/s1. The van der Waals surface area contributed by atoms with E-state index in [1.54, 1.807) is 6.92 Å². The van der Waals surface area contributed by atoms with Gasteiger partial charge in [0.1, 0.15) is 5.75 Å². The predicted molar refractivity (Wildman–Crippen MR) is 102 cm³/mol. The second-order valence-corrected chi connectivity index (χ2v) is 8.06. The van der Waals surface area contributed by atoms with E-state index in [4.69, 9.17) is 16.3 Å². The van der Waals surface area contributed by atoms with E-state index in [0.717, 1.165) is 18.2 Å². The zero-order valence-corrected chi connectivity index (χ0v) is 17.0. The first kappa shape index (κ1) is 23.0. The van der Waals surface area contributed by atoms with E-state index >= 15 is 0 Å². The van der Waals surface area contributed by atoms with Crippen LogP contribution in [0.3, 0.4) is 0 Å². The average molecular weight is 451 g/mol. The third-order valence-corrected chi connectivity index (χ3v) is 5.53. The van der Waals surface area contributed by atoms with E-state index in [0.29, 0.717) is 12.4 Å². The summed E-state index contributed by atoms with van der Waals surface area (Å²) in [4.78, 5) is 12.0. The number of sulfonamides is 1. The van der Waals surface area contributed by atoms with Crippen molar-refractivity contribution in [1.82, 2.24) is 4.72 Å². The second-order valence-electron chi connectivity index (χ2n) is 5.94. The number of nitrogens with one attached hydrogen (secondary N) is 2. The molecule has 2 aromatic carbocycles. The highest BCUT2D eigenvalue weighted by Gasteiger charge is 2.30. The lowest BCUT2D eigenvalue weighted by molar-refractivity contribution is -0.137. The Balaban J connectivity index is 2.11. The summed E-state index contributed by atoms with van der Waals surface area (Å²) in [5, 5.41) is 2.33. The first-order valence-corrected chi connectivity index (χ1v) is 10.2. The monoisotopic (exact) mass is 450 g/mol. The van der Waals surface area contributed by atoms with E-state index < -0.39 is 33.7 Å². The number of halogens is 4. The Labute approximate surface area is 171 Å². The van der Waals surface area contributed by atoms with Crippen LogP contribution in [0.15, 0.2) is 47.4 Å². The molecule has 158 valence electrons. The zero-order chi connectivity index (χ0) is 21.8. The Kier molecular flexibility index (Phi) is 7.15. The Morgan fingerprint density at radius 1 is 1.21 bits per heavy atom. The highest BCUT2D eigenvalue weighted by atomic mass is 35.5. The summed E-state index contributed by atoms with van der Waals surface area (Å²) < 4.78 is 70.6. The van der Waals surface area contributed by atoms with Crippen LogP contribution in [0.4, 0.5) is 18.9 Å².